The second kappa shape index (κ2) is 5.24. The fourth-order valence-corrected chi connectivity index (χ4v) is 2.58. The summed E-state index contributed by atoms with van der Waals surface area (Å²) in [5, 5.41) is 8.12. The van der Waals surface area contributed by atoms with Crippen molar-refractivity contribution in [2.24, 2.45) is 0 Å². The van der Waals surface area contributed by atoms with Gasteiger partial charge in [0.25, 0.3) is 10.0 Å². The Kier molecular flexibility index (Phi) is 4.35. The summed E-state index contributed by atoms with van der Waals surface area (Å²) in [6, 6.07) is 0. The van der Waals surface area contributed by atoms with Crippen molar-refractivity contribution >= 4 is 10.0 Å². The lowest BCUT2D eigenvalue weighted by Crippen LogP contribution is -2.36. The van der Waals surface area contributed by atoms with Gasteiger partial charge in [0, 0.05) is 19.2 Å². The van der Waals surface area contributed by atoms with E-state index in [1.807, 2.05) is 0 Å². The van der Waals surface area contributed by atoms with Crippen molar-refractivity contribution in [1.82, 2.24) is 19.8 Å². The number of hydrogen-bond acceptors (Lipinski definition) is 4. The van der Waals surface area contributed by atoms with E-state index < -0.39 is 22.7 Å². The summed E-state index contributed by atoms with van der Waals surface area (Å²) in [5.41, 5.74) is 0.284. The molecule has 1 rings (SSSR count). The third kappa shape index (κ3) is 3.43. The highest BCUT2D eigenvalue weighted by molar-refractivity contribution is 7.89. The highest BCUT2D eigenvalue weighted by atomic mass is 32.2. The number of sulfonamides is 1. The van der Waals surface area contributed by atoms with Crippen LogP contribution in [0.1, 0.15) is 5.56 Å². The molecule has 0 radical (unpaired) electrons. The molecule has 0 spiro atoms. The molecule has 1 aromatic rings. The highest BCUT2D eigenvalue weighted by Crippen LogP contribution is 2.21. The van der Waals surface area contributed by atoms with Crippen molar-refractivity contribution in [2.45, 2.75) is 17.7 Å². The van der Waals surface area contributed by atoms with Gasteiger partial charge in [0.05, 0.1) is 6.20 Å². The Morgan fingerprint density at radius 1 is 1.50 bits per heavy atom. The van der Waals surface area contributed by atoms with Crippen molar-refractivity contribution in [3.8, 4) is 0 Å². The SMILES string of the molecule is CNCc1cn[nH]c1S(=O)(=O)N(C)CC(F)(F)F. The fraction of sp³-hybridized carbons (Fsp3) is 0.625. The lowest BCUT2D eigenvalue weighted by atomic mass is 10.4. The van der Waals surface area contributed by atoms with Gasteiger partial charge in [-0.15, -0.1) is 0 Å². The Labute approximate surface area is 102 Å². The molecule has 0 saturated carbocycles. The Morgan fingerprint density at radius 2 is 2.11 bits per heavy atom. The first-order valence-corrected chi connectivity index (χ1v) is 6.32. The smallest absolute Gasteiger partial charge is 0.316 e. The van der Waals surface area contributed by atoms with Gasteiger partial charge in [-0.3, -0.25) is 5.10 Å². The van der Waals surface area contributed by atoms with Crippen LogP contribution in [0.5, 0.6) is 0 Å². The van der Waals surface area contributed by atoms with Crippen LogP contribution in [0.15, 0.2) is 11.2 Å². The average molecular weight is 286 g/mol. The Morgan fingerprint density at radius 3 is 2.61 bits per heavy atom. The molecule has 0 aliphatic carbocycles. The zero-order valence-electron chi connectivity index (χ0n) is 9.74. The predicted octanol–water partition coefficient (Wildman–Crippen LogP) is 0.312. The summed E-state index contributed by atoms with van der Waals surface area (Å²) in [6.45, 7) is -1.36. The summed E-state index contributed by atoms with van der Waals surface area (Å²) < 4.78 is 60.6. The van der Waals surface area contributed by atoms with E-state index in [0.717, 1.165) is 7.05 Å². The van der Waals surface area contributed by atoms with Gasteiger partial charge in [0.1, 0.15) is 6.54 Å². The van der Waals surface area contributed by atoms with Crippen LogP contribution in [0, 0.1) is 0 Å². The van der Waals surface area contributed by atoms with Crippen LogP contribution in [0.25, 0.3) is 0 Å². The molecule has 0 saturated heterocycles. The first kappa shape index (κ1) is 14.9. The number of nitrogens with zero attached hydrogens (tertiary/aromatic N) is 2. The van der Waals surface area contributed by atoms with E-state index in [1.165, 1.54) is 6.20 Å². The third-order valence-electron chi connectivity index (χ3n) is 2.12. The number of H-pyrrole nitrogens is 1. The van der Waals surface area contributed by atoms with Gasteiger partial charge in [0.15, 0.2) is 5.03 Å². The molecule has 2 N–H and O–H groups in total. The number of nitrogens with one attached hydrogen (secondary N) is 2. The average Bonchev–Trinajstić information content (AvgIpc) is 2.64. The fourth-order valence-electron chi connectivity index (χ4n) is 1.33. The molecule has 104 valence electrons. The maximum atomic E-state index is 12.2. The van der Waals surface area contributed by atoms with Crippen LogP contribution in [-0.2, 0) is 16.6 Å². The lowest BCUT2D eigenvalue weighted by molar-refractivity contribution is -0.134. The summed E-state index contributed by atoms with van der Waals surface area (Å²) >= 11 is 0. The maximum Gasteiger partial charge on any atom is 0.402 e. The minimum Gasteiger partial charge on any atom is -0.316 e. The first-order valence-electron chi connectivity index (χ1n) is 4.88. The zero-order chi connectivity index (χ0) is 14.0. The molecule has 10 heteroatoms. The van der Waals surface area contributed by atoms with Crippen LogP contribution in [0.4, 0.5) is 13.2 Å². The van der Waals surface area contributed by atoms with E-state index in [-0.39, 0.29) is 21.4 Å². The third-order valence-corrected chi connectivity index (χ3v) is 3.93. The molecule has 0 bridgehead atoms. The van der Waals surface area contributed by atoms with Crippen LogP contribution in [0.3, 0.4) is 0 Å². The Bertz CT molecular complexity index is 497. The molecule has 0 aliphatic rings. The molecule has 0 aromatic carbocycles. The number of aromatic amines is 1. The van der Waals surface area contributed by atoms with E-state index in [9.17, 15) is 21.6 Å². The van der Waals surface area contributed by atoms with Gasteiger partial charge in [-0.2, -0.15) is 22.6 Å². The molecule has 0 amide bonds. The number of halogens is 3. The van der Waals surface area contributed by atoms with Crippen molar-refractivity contribution in [2.75, 3.05) is 20.6 Å². The Hall–Kier alpha value is -1.13. The van der Waals surface area contributed by atoms with Crippen LogP contribution in [0.2, 0.25) is 0 Å². The summed E-state index contributed by atoms with van der Waals surface area (Å²) in [5.74, 6) is 0. The predicted molar refractivity (Wildman–Crippen MR) is 57.2 cm³/mol. The molecular weight excluding hydrogens is 273 g/mol. The number of hydrogen-bond donors (Lipinski definition) is 2. The normalized spacial score (nSPS) is 13.2. The number of alkyl halides is 3. The first-order chi connectivity index (χ1) is 8.18. The molecular formula is C8H13F3N4O2S. The number of aromatic nitrogens is 2. The molecule has 1 aromatic heterocycles. The van der Waals surface area contributed by atoms with E-state index >= 15 is 0 Å². The highest BCUT2D eigenvalue weighted by Gasteiger charge is 2.36. The van der Waals surface area contributed by atoms with E-state index in [4.69, 9.17) is 0 Å². The van der Waals surface area contributed by atoms with Crippen molar-refractivity contribution in [3.05, 3.63) is 11.8 Å². The largest absolute Gasteiger partial charge is 0.402 e. The monoisotopic (exact) mass is 286 g/mol. The molecule has 0 atom stereocenters. The molecule has 6 nitrogen and oxygen atoms in total. The van der Waals surface area contributed by atoms with Gasteiger partial charge in [0.2, 0.25) is 0 Å². The number of rotatable bonds is 5. The van der Waals surface area contributed by atoms with Gasteiger partial charge in [-0.25, -0.2) is 8.42 Å². The molecule has 0 unspecified atom stereocenters. The second-order valence-electron chi connectivity index (χ2n) is 3.63. The van der Waals surface area contributed by atoms with E-state index in [0.29, 0.717) is 0 Å². The minimum atomic E-state index is -4.59. The second-order valence-corrected chi connectivity index (χ2v) is 5.61. The van der Waals surface area contributed by atoms with Crippen molar-refractivity contribution in [3.63, 3.8) is 0 Å². The molecule has 0 fully saturated rings. The summed E-state index contributed by atoms with van der Waals surface area (Å²) in [7, 11) is -1.77. The molecule has 1 heterocycles. The lowest BCUT2D eigenvalue weighted by Gasteiger charge is -2.18. The van der Waals surface area contributed by atoms with Crippen molar-refractivity contribution < 1.29 is 21.6 Å². The van der Waals surface area contributed by atoms with Gasteiger partial charge < -0.3 is 5.32 Å². The molecule has 0 aliphatic heterocycles. The van der Waals surface area contributed by atoms with Crippen LogP contribution >= 0.6 is 0 Å². The molecule has 18 heavy (non-hydrogen) atoms. The van der Waals surface area contributed by atoms with Gasteiger partial charge >= 0.3 is 6.18 Å². The van der Waals surface area contributed by atoms with Crippen LogP contribution in [-0.4, -0.2) is 49.7 Å². The van der Waals surface area contributed by atoms with E-state index in [1.54, 1.807) is 7.05 Å². The van der Waals surface area contributed by atoms with E-state index in [2.05, 4.69) is 15.5 Å². The standard InChI is InChI=1S/C8H13F3N4O2S/c1-12-3-6-4-13-14-7(6)18(16,17)15(2)5-8(9,10)11/h4,12H,3,5H2,1-2H3,(H,13,14). The minimum absolute atomic E-state index is 0.185. The topological polar surface area (TPSA) is 78.1 Å². The van der Waals surface area contributed by atoms with Gasteiger partial charge in [-0.1, -0.05) is 0 Å². The Balaban J connectivity index is 3.02. The quantitative estimate of drug-likeness (QED) is 0.816. The maximum absolute atomic E-state index is 12.2. The zero-order valence-corrected chi connectivity index (χ0v) is 10.6. The van der Waals surface area contributed by atoms with Crippen molar-refractivity contribution in [1.29, 1.82) is 0 Å². The summed E-state index contributed by atoms with van der Waals surface area (Å²) in [4.78, 5) is 0. The summed E-state index contributed by atoms with van der Waals surface area (Å²) in [6.07, 6.45) is -3.34. The van der Waals surface area contributed by atoms with Gasteiger partial charge in [-0.05, 0) is 7.05 Å². The van der Waals surface area contributed by atoms with Crippen LogP contribution < -0.4 is 5.32 Å².